The molecule has 1 fully saturated rings. The van der Waals surface area contributed by atoms with Gasteiger partial charge in [0.1, 0.15) is 4.75 Å². The molecule has 2 atom stereocenters. The van der Waals surface area contributed by atoms with Crippen LogP contribution >= 0.6 is 11.6 Å². The second-order valence-corrected chi connectivity index (χ2v) is 10.8. The normalized spacial score (nSPS) is 17.3. The van der Waals surface area contributed by atoms with E-state index in [9.17, 15) is 18.5 Å². The Balaban J connectivity index is 1.89. The molecule has 0 aliphatic heterocycles. The van der Waals surface area contributed by atoms with Crippen LogP contribution in [0.15, 0.2) is 48.5 Å². The maximum atomic E-state index is 12.9. The van der Waals surface area contributed by atoms with Gasteiger partial charge in [-0.1, -0.05) is 42.8 Å². The Morgan fingerprint density at radius 2 is 1.87 bits per heavy atom. The van der Waals surface area contributed by atoms with E-state index in [0.29, 0.717) is 23.4 Å². The van der Waals surface area contributed by atoms with Crippen molar-refractivity contribution in [3.63, 3.8) is 0 Å². The summed E-state index contributed by atoms with van der Waals surface area (Å²) in [5.41, 5.74) is 2.50. The zero-order valence-corrected chi connectivity index (χ0v) is 18.6. The Hall–Kier alpha value is -2.36. The van der Waals surface area contributed by atoms with E-state index < -0.39 is 20.5 Å². The third-order valence-electron chi connectivity index (χ3n) is 6.21. The molecule has 1 N–H and O–H groups in total. The predicted octanol–water partition coefficient (Wildman–Crippen LogP) is 4.18. The highest BCUT2D eigenvalue weighted by Gasteiger charge is 2.52. The molecule has 30 heavy (non-hydrogen) atoms. The molecular formula is C23H25ClN2O3S. The minimum absolute atomic E-state index is 0.00656. The van der Waals surface area contributed by atoms with Gasteiger partial charge < -0.3 is 5.32 Å². The van der Waals surface area contributed by atoms with E-state index in [-0.39, 0.29) is 18.4 Å². The van der Waals surface area contributed by atoms with Gasteiger partial charge in [0.2, 0.25) is 5.91 Å². The lowest BCUT2D eigenvalue weighted by atomic mass is 9.81. The van der Waals surface area contributed by atoms with Crippen LogP contribution in [-0.2, 0) is 14.6 Å². The molecule has 0 saturated heterocycles. The largest absolute Gasteiger partial charge is 0.354 e. The zero-order valence-electron chi connectivity index (χ0n) is 17.1. The SMILES string of the molecule is C[C@H](c1ccc(Cl)cc1)[C@H](CNC(=O)C1(S(C)(=O)=O)CCC1)c1cccc(C#N)c1. The average Bonchev–Trinajstić information content (AvgIpc) is 2.66. The summed E-state index contributed by atoms with van der Waals surface area (Å²) < 4.78 is 23.2. The lowest BCUT2D eigenvalue weighted by Crippen LogP contribution is -2.57. The minimum Gasteiger partial charge on any atom is -0.354 e. The first-order chi connectivity index (χ1) is 14.2. The highest BCUT2D eigenvalue weighted by molar-refractivity contribution is 7.93. The Kier molecular flexibility index (Phi) is 6.54. The number of amides is 1. The molecular weight excluding hydrogens is 420 g/mol. The molecule has 1 amide bonds. The summed E-state index contributed by atoms with van der Waals surface area (Å²) in [6.45, 7) is 2.32. The maximum Gasteiger partial charge on any atom is 0.241 e. The number of hydrogen-bond donors (Lipinski definition) is 1. The lowest BCUT2D eigenvalue weighted by Gasteiger charge is -2.38. The van der Waals surface area contributed by atoms with E-state index in [2.05, 4.69) is 18.3 Å². The van der Waals surface area contributed by atoms with Crippen LogP contribution in [0.3, 0.4) is 0 Å². The molecule has 0 bridgehead atoms. The molecule has 0 aromatic heterocycles. The number of rotatable bonds is 7. The van der Waals surface area contributed by atoms with Crippen molar-refractivity contribution < 1.29 is 13.2 Å². The van der Waals surface area contributed by atoms with E-state index >= 15 is 0 Å². The quantitative estimate of drug-likeness (QED) is 0.693. The number of nitrogens with one attached hydrogen (secondary N) is 1. The maximum absolute atomic E-state index is 12.9. The molecule has 0 unspecified atom stereocenters. The van der Waals surface area contributed by atoms with Crippen LogP contribution in [0.4, 0.5) is 0 Å². The summed E-state index contributed by atoms with van der Waals surface area (Å²) in [6, 6.07) is 17.0. The number of hydrogen-bond acceptors (Lipinski definition) is 4. The summed E-state index contributed by atoms with van der Waals surface area (Å²) >= 11 is 6.02. The number of nitriles is 1. The van der Waals surface area contributed by atoms with Gasteiger partial charge in [-0.25, -0.2) is 8.42 Å². The number of carbonyl (C=O) groups is 1. The summed E-state index contributed by atoms with van der Waals surface area (Å²) in [4.78, 5) is 12.9. The standard InChI is InChI=1S/C23H25ClN2O3S/c1-16(18-7-9-20(24)10-8-18)21(19-6-3-5-17(13-19)14-25)15-26-22(27)23(11-4-12-23)30(2,28)29/h3,5-10,13,16,21H,4,11-12,15H2,1-2H3,(H,26,27)/t16-,21+/m1/s1. The van der Waals surface area contributed by atoms with Crippen molar-refractivity contribution in [3.05, 3.63) is 70.2 Å². The molecule has 1 aliphatic carbocycles. The van der Waals surface area contributed by atoms with Crippen LogP contribution in [0.2, 0.25) is 5.02 Å². The Morgan fingerprint density at radius 1 is 1.20 bits per heavy atom. The minimum atomic E-state index is -3.50. The molecule has 5 nitrogen and oxygen atoms in total. The van der Waals surface area contributed by atoms with Crippen LogP contribution in [-0.4, -0.2) is 31.9 Å². The molecule has 1 aliphatic rings. The van der Waals surface area contributed by atoms with Crippen molar-refractivity contribution >= 4 is 27.3 Å². The van der Waals surface area contributed by atoms with Crippen molar-refractivity contribution in [2.24, 2.45) is 0 Å². The van der Waals surface area contributed by atoms with Gasteiger partial charge in [-0.05, 0) is 60.6 Å². The van der Waals surface area contributed by atoms with Crippen LogP contribution in [0.1, 0.15) is 54.7 Å². The van der Waals surface area contributed by atoms with Gasteiger partial charge in [0.25, 0.3) is 0 Å². The Labute approximate surface area is 183 Å². The van der Waals surface area contributed by atoms with Gasteiger partial charge in [-0.15, -0.1) is 0 Å². The molecule has 2 aromatic carbocycles. The first-order valence-electron chi connectivity index (χ1n) is 9.91. The summed E-state index contributed by atoms with van der Waals surface area (Å²) in [5, 5.41) is 12.8. The van der Waals surface area contributed by atoms with E-state index in [1.54, 1.807) is 6.07 Å². The fourth-order valence-electron chi connectivity index (χ4n) is 4.05. The average molecular weight is 445 g/mol. The number of sulfone groups is 1. The fraction of sp³-hybridized carbons (Fsp3) is 0.391. The second kappa shape index (κ2) is 8.79. The summed E-state index contributed by atoms with van der Waals surface area (Å²) in [5.74, 6) is -0.562. The van der Waals surface area contributed by atoms with E-state index in [1.807, 2.05) is 42.5 Å². The van der Waals surface area contributed by atoms with Crippen molar-refractivity contribution in [1.82, 2.24) is 5.32 Å². The predicted molar refractivity (Wildman–Crippen MR) is 118 cm³/mol. The van der Waals surface area contributed by atoms with Crippen molar-refractivity contribution in [2.45, 2.75) is 42.8 Å². The van der Waals surface area contributed by atoms with Crippen molar-refractivity contribution in [1.29, 1.82) is 5.26 Å². The molecule has 7 heteroatoms. The first-order valence-corrected chi connectivity index (χ1v) is 12.2. The third-order valence-corrected chi connectivity index (χ3v) is 8.48. The van der Waals surface area contributed by atoms with Crippen LogP contribution in [0.5, 0.6) is 0 Å². The molecule has 158 valence electrons. The van der Waals surface area contributed by atoms with Crippen LogP contribution in [0.25, 0.3) is 0 Å². The zero-order chi connectivity index (χ0) is 21.9. The molecule has 2 aromatic rings. The summed E-state index contributed by atoms with van der Waals surface area (Å²) in [7, 11) is -3.50. The van der Waals surface area contributed by atoms with Crippen molar-refractivity contribution in [2.75, 3.05) is 12.8 Å². The van der Waals surface area contributed by atoms with Gasteiger partial charge in [0.15, 0.2) is 9.84 Å². The molecule has 1 saturated carbocycles. The van der Waals surface area contributed by atoms with Gasteiger partial charge in [0, 0.05) is 23.7 Å². The van der Waals surface area contributed by atoms with Gasteiger partial charge >= 0.3 is 0 Å². The van der Waals surface area contributed by atoms with E-state index in [0.717, 1.165) is 23.8 Å². The fourth-order valence-corrected chi connectivity index (χ4v) is 5.61. The van der Waals surface area contributed by atoms with Gasteiger partial charge in [0.05, 0.1) is 11.6 Å². The Bertz CT molecular complexity index is 1070. The second-order valence-electron chi connectivity index (χ2n) is 8.01. The van der Waals surface area contributed by atoms with Crippen molar-refractivity contribution in [3.8, 4) is 6.07 Å². The van der Waals surface area contributed by atoms with Gasteiger partial charge in [-0.2, -0.15) is 5.26 Å². The third kappa shape index (κ3) is 4.38. The number of carbonyl (C=O) groups excluding carboxylic acids is 1. The monoisotopic (exact) mass is 444 g/mol. The number of nitrogens with zero attached hydrogens (tertiary/aromatic N) is 1. The van der Waals surface area contributed by atoms with E-state index in [4.69, 9.17) is 11.6 Å². The summed E-state index contributed by atoms with van der Waals surface area (Å²) in [6.07, 6.45) is 2.59. The Morgan fingerprint density at radius 3 is 2.40 bits per heavy atom. The molecule has 0 spiro atoms. The van der Waals surface area contributed by atoms with Crippen LogP contribution in [0, 0.1) is 11.3 Å². The number of halogens is 1. The van der Waals surface area contributed by atoms with Gasteiger partial charge in [-0.3, -0.25) is 4.79 Å². The lowest BCUT2D eigenvalue weighted by molar-refractivity contribution is -0.125. The number of benzene rings is 2. The first kappa shape index (κ1) is 22.3. The molecule has 3 rings (SSSR count). The van der Waals surface area contributed by atoms with Crippen LogP contribution < -0.4 is 5.32 Å². The molecule has 0 heterocycles. The highest BCUT2D eigenvalue weighted by atomic mass is 35.5. The smallest absolute Gasteiger partial charge is 0.241 e. The molecule has 0 radical (unpaired) electrons. The topological polar surface area (TPSA) is 87.0 Å². The highest BCUT2D eigenvalue weighted by Crippen LogP contribution is 2.40. The van der Waals surface area contributed by atoms with E-state index in [1.165, 1.54) is 0 Å².